The number of nitrogens with zero attached hydrogens (tertiary/aromatic N) is 2. The number of rotatable bonds is 8. The second-order valence-electron chi connectivity index (χ2n) is 7.11. The number of hydrazone groups is 1. The van der Waals surface area contributed by atoms with E-state index in [0.29, 0.717) is 23.7 Å². The van der Waals surface area contributed by atoms with Gasteiger partial charge >= 0.3 is 0 Å². The first-order chi connectivity index (χ1) is 16.2. The van der Waals surface area contributed by atoms with Crippen LogP contribution in [0.5, 0.6) is 11.5 Å². The molecule has 3 aromatic carbocycles. The van der Waals surface area contributed by atoms with Crippen molar-refractivity contribution < 1.29 is 14.3 Å². The molecule has 0 saturated carbocycles. The summed E-state index contributed by atoms with van der Waals surface area (Å²) < 4.78 is 14.1. The van der Waals surface area contributed by atoms with Crippen molar-refractivity contribution in [2.45, 2.75) is 6.61 Å². The maximum Gasteiger partial charge on any atom is 0.273 e. The molecule has 33 heavy (non-hydrogen) atoms. The van der Waals surface area contributed by atoms with Gasteiger partial charge in [-0.1, -0.05) is 42.5 Å². The van der Waals surface area contributed by atoms with Crippen molar-refractivity contribution >= 4 is 28.1 Å². The van der Waals surface area contributed by atoms with Crippen molar-refractivity contribution in [2.24, 2.45) is 5.10 Å². The molecule has 4 aromatic rings. The third kappa shape index (κ3) is 5.51. The molecule has 0 radical (unpaired) electrons. The van der Waals surface area contributed by atoms with Crippen molar-refractivity contribution in [3.63, 3.8) is 0 Å². The molecule has 0 atom stereocenters. The van der Waals surface area contributed by atoms with E-state index in [1.165, 1.54) is 0 Å². The molecule has 1 aromatic heterocycles. The minimum Gasteiger partial charge on any atom is -0.493 e. The van der Waals surface area contributed by atoms with Gasteiger partial charge in [0, 0.05) is 22.4 Å². The average Bonchev–Trinajstić information content (AvgIpc) is 3.39. The molecule has 0 aliphatic rings. The first-order valence-corrected chi connectivity index (χ1v) is 11.0. The molecule has 0 aliphatic carbocycles. The van der Waals surface area contributed by atoms with Crippen LogP contribution in [0.1, 0.15) is 21.5 Å². The van der Waals surface area contributed by atoms with E-state index in [-0.39, 0.29) is 5.91 Å². The minimum absolute atomic E-state index is 0.304. The normalized spacial score (nSPS) is 10.8. The van der Waals surface area contributed by atoms with Crippen LogP contribution >= 0.6 is 15.9 Å². The summed E-state index contributed by atoms with van der Waals surface area (Å²) in [5.74, 6) is 0.872. The molecular formula is C26H22BrN3O3. The number of carbonyl (C=O) groups is 1. The predicted molar refractivity (Wildman–Crippen MR) is 132 cm³/mol. The van der Waals surface area contributed by atoms with E-state index < -0.39 is 0 Å². The standard InChI is InChI=1S/C26H22BrN3O3/c1-32-24-15-20(22(27)16-25(24)33-18-19-9-3-2-4-10-19)17-28-29-26(31)21-11-5-6-12-23(21)30-13-7-8-14-30/h2-17H,18H2,1H3,(H,29,31). The molecule has 4 rings (SSSR count). The topological polar surface area (TPSA) is 64.8 Å². The number of methoxy groups -OCH3 is 1. The first kappa shape index (κ1) is 22.4. The Morgan fingerprint density at radius 1 is 1.00 bits per heavy atom. The van der Waals surface area contributed by atoms with Crippen LogP contribution in [0.4, 0.5) is 0 Å². The maximum absolute atomic E-state index is 12.7. The van der Waals surface area contributed by atoms with Crippen LogP contribution in [0.15, 0.2) is 101 Å². The highest BCUT2D eigenvalue weighted by Crippen LogP contribution is 2.33. The molecule has 0 aliphatic heterocycles. The highest BCUT2D eigenvalue weighted by molar-refractivity contribution is 9.10. The Morgan fingerprint density at radius 2 is 1.73 bits per heavy atom. The summed E-state index contributed by atoms with van der Waals surface area (Å²) in [6, 6.07) is 24.7. The number of halogens is 1. The van der Waals surface area contributed by atoms with Crippen molar-refractivity contribution in [1.29, 1.82) is 0 Å². The first-order valence-electron chi connectivity index (χ1n) is 10.3. The van der Waals surface area contributed by atoms with Crippen molar-refractivity contribution in [1.82, 2.24) is 9.99 Å². The number of para-hydroxylation sites is 1. The fraction of sp³-hybridized carbons (Fsp3) is 0.0769. The number of aromatic nitrogens is 1. The van der Waals surface area contributed by atoms with Crippen LogP contribution in [-0.4, -0.2) is 23.8 Å². The molecule has 6 nitrogen and oxygen atoms in total. The number of hydrogen-bond acceptors (Lipinski definition) is 4. The van der Waals surface area contributed by atoms with E-state index in [1.54, 1.807) is 25.5 Å². The SMILES string of the molecule is COc1cc(C=NNC(=O)c2ccccc2-n2cccc2)c(Br)cc1OCc1ccccc1. The number of benzene rings is 3. The largest absolute Gasteiger partial charge is 0.493 e. The summed E-state index contributed by atoms with van der Waals surface area (Å²) in [5.41, 5.74) is 5.69. The van der Waals surface area contributed by atoms with Crippen LogP contribution < -0.4 is 14.9 Å². The van der Waals surface area contributed by atoms with E-state index in [0.717, 1.165) is 21.3 Å². The van der Waals surface area contributed by atoms with Crippen LogP contribution in [-0.2, 0) is 6.61 Å². The molecule has 1 heterocycles. The second kappa shape index (κ2) is 10.7. The van der Waals surface area contributed by atoms with Gasteiger partial charge in [-0.05, 0) is 57.9 Å². The third-order valence-electron chi connectivity index (χ3n) is 4.92. The van der Waals surface area contributed by atoms with Gasteiger partial charge < -0.3 is 14.0 Å². The van der Waals surface area contributed by atoms with Gasteiger partial charge in [0.15, 0.2) is 11.5 Å². The molecule has 0 fully saturated rings. The zero-order valence-electron chi connectivity index (χ0n) is 17.9. The van der Waals surface area contributed by atoms with E-state index in [2.05, 4.69) is 26.5 Å². The summed E-state index contributed by atoms with van der Waals surface area (Å²) in [6.07, 6.45) is 5.34. The van der Waals surface area contributed by atoms with Gasteiger partial charge in [0.2, 0.25) is 0 Å². The fourth-order valence-electron chi connectivity index (χ4n) is 3.26. The lowest BCUT2D eigenvalue weighted by Gasteiger charge is -2.13. The van der Waals surface area contributed by atoms with Crippen LogP contribution in [0.25, 0.3) is 5.69 Å². The number of amides is 1. The maximum atomic E-state index is 12.7. The molecule has 0 spiro atoms. The Kier molecular flexibility index (Phi) is 7.22. The van der Waals surface area contributed by atoms with Gasteiger partial charge in [-0.2, -0.15) is 5.10 Å². The molecular weight excluding hydrogens is 482 g/mol. The molecule has 0 saturated heterocycles. The van der Waals surface area contributed by atoms with Crippen LogP contribution in [0.3, 0.4) is 0 Å². The van der Waals surface area contributed by atoms with E-state index in [1.807, 2.05) is 83.7 Å². The lowest BCUT2D eigenvalue weighted by Crippen LogP contribution is -2.19. The Hall–Kier alpha value is -3.84. The van der Waals surface area contributed by atoms with Crippen LogP contribution in [0, 0.1) is 0 Å². The summed E-state index contributed by atoms with van der Waals surface area (Å²) >= 11 is 3.54. The minimum atomic E-state index is -0.304. The van der Waals surface area contributed by atoms with Crippen molar-refractivity contribution in [3.8, 4) is 17.2 Å². The highest BCUT2D eigenvalue weighted by Gasteiger charge is 2.12. The number of ether oxygens (including phenoxy) is 2. The Labute approximate surface area is 200 Å². The smallest absolute Gasteiger partial charge is 0.273 e. The molecule has 0 bridgehead atoms. The second-order valence-corrected chi connectivity index (χ2v) is 7.96. The lowest BCUT2D eigenvalue weighted by atomic mass is 10.1. The molecule has 1 N–H and O–H groups in total. The van der Waals surface area contributed by atoms with Gasteiger partial charge in [0.25, 0.3) is 5.91 Å². The van der Waals surface area contributed by atoms with Gasteiger partial charge in [-0.25, -0.2) is 5.43 Å². The van der Waals surface area contributed by atoms with Crippen molar-refractivity contribution in [2.75, 3.05) is 7.11 Å². The van der Waals surface area contributed by atoms with E-state index >= 15 is 0 Å². The van der Waals surface area contributed by atoms with Crippen molar-refractivity contribution in [3.05, 3.63) is 112 Å². The molecule has 7 heteroatoms. The zero-order valence-corrected chi connectivity index (χ0v) is 19.5. The zero-order chi connectivity index (χ0) is 23.0. The average molecular weight is 504 g/mol. The number of hydrogen-bond donors (Lipinski definition) is 1. The fourth-order valence-corrected chi connectivity index (χ4v) is 3.69. The van der Waals surface area contributed by atoms with Gasteiger partial charge in [0.1, 0.15) is 6.61 Å². The predicted octanol–water partition coefficient (Wildman–Crippen LogP) is 5.59. The van der Waals surface area contributed by atoms with Gasteiger partial charge in [-0.3, -0.25) is 4.79 Å². The Morgan fingerprint density at radius 3 is 2.48 bits per heavy atom. The quantitative estimate of drug-likeness (QED) is 0.251. The molecule has 0 unspecified atom stereocenters. The highest BCUT2D eigenvalue weighted by atomic mass is 79.9. The molecule has 166 valence electrons. The summed E-state index contributed by atoms with van der Waals surface area (Å²) in [4.78, 5) is 12.7. The Balaban J connectivity index is 1.47. The summed E-state index contributed by atoms with van der Waals surface area (Å²) in [7, 11) is 1.58. The lowest BCUT2D eigenvalue weighted by molar-refractivity contribution is 0.0955. The third-order valence-corrected chi connectivity index (χ3v) is 5.61. The van der Waals surface area contributed by atoms with Crippen LogP contribution in [0.2, 0.25) is 0 Å². The number of nitrogens with one attached hydrogen (secondary N) is 1. The monoisotopic (exact) mass is 503 g/mol. The number of carbonyl (C=O) groups excluding carboxylic acids is 1. The van der Waals surface area contributed by atoms with Gasteiger partial charge in [-0.15, -0.1) is 0 Å². The van der Waals surface area contributed by atoms with E-state index in [4.69, 9.17) is 9.47 Å². The van der Waals surface area contributed by atoms with E-state index in [9.17, 15) is 4.79 Å². The summed E-state index contributed by atoms with van der Waals surface area (Å²) in [5, 5.41) is 4.14. The van der Waals surface area contributed by atoms with Gasteiger partial charge in [0.05, 0.1) is 24.6 Å². The Bertz CT molecular complexity index is 1260. The molecule has 1 amide bonds. The summed E-state index contributed by atoms with van der Waals surface area (Å²) in [6.45, 7) is 0.425.